The second kappa shape index (κ2) is 10.8. The summed E-state index contributed by atoms with van der Waals surface area (Å²) in [6, 6.07) is 13.5. The summed E-state index contributed by atoms with van der Waals surface area (Å²) < 4.78 is 5.37. The van der Waals surface area contributed by atoms with Gasteiger partial charge in [0, 0.05) is 48.2 Å². The lowest BCUT2D eigenvalue weighted by Gasteiger charge is -2.40. The van der Waals surface area contributed by atoms with E-state index in [0.717, 1.165) is 42.6 Å². The number of amides is 2. The molecule has 2 aliphatic heterocycles. The minimum absolute atomic E-state index is 0.0582. The van der Waals surface area contributed by atoms with Crippen LogP contribution in [0.4, 0.5) is 5.82 Å². The van der Waals surface area contributed by atoms with Gasteiger partial charge < -0.3 is 20.3 Å². The van der Waals surface area contributed by atoms with Crippen molar-refractivity contribution in [1.82, 2.24) is 20.6 Å². The van der Waals surface area contributed by atoms with Crippen LogP contribution in [0.25, 0.3) is 0 Å². The van der Waals surface area contributed by atoms with Gasteiger partial charge >= 0.3 is 0 Å². The number of carbonyl (C=O) groups excluding carboxylic acids is 2. The monoisotopic (exact) mass is 519 g/mol. The first-order valence-electron chi connectivity index (χ1n) is 12.5. The van der Waals surface area contributed by atoms with Crippen molar-refractivity contribution in [3.63, 3.8) is 0 Å². The van der Waals surface area contributed by atoms with Crippen molar-refractivity contribution in [2.75, 3.05) is 12.0 Å². The number of ether oxygens (including phenoxy) is 1. The molecule has 0 aliphatic carbocycles. The maximum Gasteiger partial charge on any atom is 0.253 e. The van der Waals surface area contributed by atoms with Crippen molar-refractivity contribution in [3.8, 4) is 5.75 Å². The van der Waals surface area contributed by atoms with Gasteiger partial charge in [0.05, 0.1) is 12.7 Å². The Hall–Kier alpha value is -3.65. The lowest BCUT2D eigenvalue weighted by Crippen LogP contribution is -2.50. The van der Waals surface area contributed by atoms with Crippen molar-refractivity contribution < 1.29 is 14.3 Å². The molecule has 0 radical (unpaired) electrons. The maximum atomic E-state index is 13.0. The van der Waals surface area contributed by atoms with Gasteiger partial charge in [-0.15, -0.1) is 0 Å². The Labute approximate surface area is 221 Å². The summed E-state index contributed by atoms with van der Waals surface area (Å²) in [7, 11) is 1.61. The van der Waals surface area contributed by atoms with E-state index in [2.05, 4.69) is 25.5 Å². The highest BCUT2D eigenvalue weighted by molar-refractivity contribution is 6.29. The highest BCUT2D eigenvalue weighted by Gasteiger charge is 2.42. The predicted molar refractivity (Wildman–Crippen MR) is 142 cm³/mol. The quantitative estimate of drug-likeness (QED) is 0.452. The van der Waals surface area contributed by atoms with Crippen LogP contribution in [0.1, 0.15) is 57.5 Å². The number of aromatic nitrogens is 2. The van der Waals surface area contributed by atoms with E-state index in [0.29, 0.717) is 40.7 Å². The highest BCUT2D eigenvalue weighted by atomic mass is 35.5. The molecule has 2 fully saturated rings. The molecular weight excluding hydrogens is 490 g/mol. The van der Waals surface area contributed by atoms with Crippen molar-refractivity contribution in [3.05, 3.63) is 82.3 Å². The Balaban J connectivity index is 1.19. The fraction of sp³-hybridized carbons (Fsp3) is 0.357. The van der Waals surface area contributed by atoms with E-state index in [9.17, 15) is 9.59 Å². The number of hydrogen-bond acceptors (Lipinski definition) is 6. The zero-order valence-corrected chi connectivity index (χ0v) is 21.7. The minimum Gasteiger partial charge on any atom is -0.496 e. The fourth-order valence-electron chi connectivity index (χ4n) is 5.48. The molecule has 5 rings (SSSR count). The van der Waals surface area contributed by atoms with Gasteiger partial charge in [-0.1, -0.05) is 23.7 Å². The summed E-state index contributed by atoms with van der Waals surface area (Å²) in [6.07, 6.45) is 7.13. The number of pyridine rings is 2. The summed E-state index contributed by atoms with van der Waals surface area (Å²) in [5, 5.41) is 6.56. The van der Waals surface area contributed by atoms with Crippen LogP contribution in [0, 0.1) is 6.92 Å². The van der Waals surface area contributed by atoms with Gasteiger partial charge in [-0.3, -0.25) is 9.59 Å². The number of fused-ring (bicyclic) bond motifs is 2. The molecule has 1 unspecified atom stereocenters. The number of rotatable bonds is 7. The van der Waals surface area contributed by atoms with E-state index in [1.54, 1.807) is 25.6 Å². The molecule has 1 aromatic carbocycles. The molecular formula is C28H30ClN5O3. The minimum atomic E-state index is -0.189. The second-order valence-corrected chi connectivity index (χ2v) is 10.0. The van der Waals surface area contributed by atoms with Crippen LogP contribution in [0.2, 0.25) is 5.15 Å². The molecule has 8 nitrogen and oxygen atoms in total. The number of anilines is 1. The summed E-state index contributed by atoms with van der Waals surface area (Å²) in [4.78, 5) is 36.6. The summed E-state index contributed by atoms with van der Waals surface area (Å²) in [6.45, 7) is 2.27. The lowest BCUT2D eigenvalue weighted by molar-refractivity contribution is 0.0923. The number of piperidine rings is 1. The first kappa shape index (κ1) is 25.0. The van der Waals surface area contributed by atoms with Gasteiger partial charge in [-0.2, -0.15) is 0 Å². The Kier molecular flexibility index (Phi) is 7.28. The maximum absolute atomic E-state index is 13.0. The van der Waals surface area contributed by atoms with E-state index in [1.165, 1.54) is 0 Å². The van der Waals surface area contributed by atoms with Gasteiger partial charge in [0.1, 0.15) is 16.7 Å². The average molecular weight is 520 g/mol. The molecule has 4 heterocycles. The fourth-order valence-corrected chi connectivity index (χ4v) is 5.59. The number of halogens is 1. The molecule has 9 heteroatoms. The van der Waals surface area contributed by atoms with Gasteiger partial charge in [-0.25, -0.2) is 9.97 Å². The lowest BCUT2D eigenvalue weighted by atomic mass is 9.96. The number of carbonyl (C=O) groups is 2. The van der Waals surface area contributed by atoms with Crippen molar-refractivity contribution >= 4 is 29.2 Å². The third-order valence-electron chi connectivity index (χ3n) is 7.33. The van der Waals surface area contributed by atoms with Crippen LogP contribution in [-0.2, 0) is 6.54 Å². The third-order valence-corrected chi connectivity index (χ3v) is 7.56. The number of hydrogen-bond donors (Lipinski definition) is 2. The molecule has 2 N–H and O–H groups in total. The number of methoxy groups -OCH3 is 1. The van der Waals surface area contributed by atoms with Crippen LogP contribution in [-0.4, -0.2) is 47.0 Å². The molecule has 3 aromatic rings. The topological polar surface area (TPSA) is 96.5 Å². The van der Waals surface area contributed by atoms with E-state index >= 15 is 0 Å². The molecule has 2 aromatic heterocycles. The van der Waals surface area contributed by atoms with Crippen LogP contribution in [0.3, 0.4) is 0 Å². The first-order valence-corrected chi connectivity index (χ1v) is 12.9. The highest BCUT2D eigenvalue weighted by Crippen LogP contribution is 2.38. The summed E-state index contributed by atoms with van der Waals surface area (Å²) >= 11 is 5.81. The van der Waals surface area contributed by atoms with Crippen molar-refractivity contribution in [2.24, 2.45) is 0 Å². The number of nitrogens with one attached hydrogen (secondary N) is 2. The summed E-state index contributed by atoms with van der Waals surface area (Å²) in [5.74, 6) is 1.34. The molecule has 2 saturated heterocycles. The number of nitrogens with zero attached hydrogens (tertiary/aromatic N) is 3. The SMILES string of the molecule is COc1cccc(C(=O)NC2C[C@H]3CC[C@@H](C2)N3c2ccc(C(=O)NCc3ccc(Cl)nc3)cn2)c1C. The summed E-state index contributed by atoms with van der Waals surface area (Å²) in [5.41, 5.74) is 2.88. The largest absolute Gasteiger partial charge is 0.496 e. The normalized spacial score (nSPS) is 20.4. The van der Waals surface area contributed by atoms with E-state index in [4.69, 9.17) is 16.3 Å². The van der Waals surface area contributed by atoms with Gasteiger partial charge in [0.2, 0.25) is 0 Å². The predicted octanol–water partition coefficient (Wildman–Crippen LogP) is 4.31. The zero-order valence-electron chi connectivity index (χ0n) is 20.9. The molecule has 192 valence electrons. The van der Waals surface area contributed by atoms with Gasteiger partial charge in [0.15, 0.2) is 0 Å². The van der Waals surface area contributed by atoms with Crippen LogP contribution in [0.5, 0.6) is 5.75 Å². The first-order chi connectivity index (χ1) is 17.9. The Bertz CT molecular complexity index is 1270. The van der Waals surface area contributed by atoms with Crippen LogP contribution in [0.15, 0.2) is 54.9 Å². The molecule has 0 spiro atoms. The van der Waals surface area contributed by atoms with E-state index in [-0.39, 0.29) is 17.9 Å². The van der Waals surface area contributed by atoms with E-state index < -0.39 is 0 Å². The van der Waals surface area contributed by atoms with Crippen LogP contribution >= 0.6 is 11.6 Å². The number of benzene rings is 1. The Morgan fingerprint density at radius 2 is 1.81 bits per heavy atom. The average Bonchev–Trinajstić information content (AvgIpc) is 3.18. The standard InChI is InChI=1S/C28H30ClN5O3/c1-17-23(4-3-5-24(17)37-2)28(36)33-20-12-21-8-9-22(13-20)34(21)26-11-7-19(16-31-26)27(35)32-15-18-6-10-25(29)30-14-18/h3-7,10-11,14,16,20-22H,8-9,12-13,15H2,1-2H3,(H,32,35)(H,33,36)/t20?,21-,22+. The van der Waals surface area contributed by atoms with E-state index in [1.807, 2.05) is 43.3 Å². The second-order valence-electron chi connectivity index (χ2n) is 9.64. The van der Waals surface area contributed by atoms with Crippen LogP contribution < -0.4 is 20.3 Å². The molecule has 0 saturated carbocycles. The molecule has 2 aliphatic rings. The Morgan fingerprint density at radius 3 is 2.46 bits per heavy atom. The van der Waals surface area contributed by atoms with Gasteiger partial charge in [-0.05, 0) is 68.5 Å². The molecule has 37 heavy (non-hydrogen) atoms. The molecule has 3 atom stereocenters. The smallest absolute Gasteiger partial charge is 0.253 e. The molecule has 2 amide bonds. The van der Waals surface area contributed by atoms with Crippen molar-refractivity contribution in [2.45, 2.75) is 57.3 Å². The van der Waals surface area contributed by atoms with Gasteiger partial charge in [0.25, 0.3) is 11.8 Å². The van der Waals surface area contributed by atoms with Crippen molar-refractivity contribution in [1.29, 1.82) is 0 Å². The third kappa shape index (κ3) is 5.39. The molecule has 2 bridgehead atoms. The Morgan fingerprint density at radius 1 is 1.03 bits per heavy atom. The zero-order chi connectivity index (χ0) is 25.9.